The molecule has 3 rings (SSSR count). The van der Waals surface area contributed by atoms with Crippen molar-refractivity contribution in [1.82, 2.24) is 9.88 Å². The maximum Gasteiger partial charge on any atom is 0.255 e. The number of carbonyl (C=O) groups excluding carboxylic acids is 1. The summed E-state index contributed by atoms with van der Waals surface area (Å²) in [5.74, 6) is -0.0518. The highest BCUT2D eigenvalue weighted by molar-refractivity contribution is 6.33. The van der Waals surface area contributed by atoms with Gasteiger partial charge in [0.05, 0.1) is 16.6 Å². The van der Waals surface area contributed by atoms with Gasteiger partial charge in [0.2, 0.25) is 0 Å². The van der Waals surface area contributed by atoms with Crippen molar-refractivity contribution in [2.45, 2.75) is 25.3 Å². The minimum absolute atomic E-state index is 0.0518. The Morgan fingerprint density at radius 3 is 2.95 bits per heavy atom. The molecule has 1 unspecified atom stereocenters. The molecule has 1 aliphatic carbocycles. The number of rotatable bonds is 2. The molecule has 0 radical (unpaired) electrons. The molecule has 1 amide bonds. The van der Waals surface area contributed by atoms with E-state index in [-0.39, 0.29) is 11.9 Å². The molecule has 0 spiro atoms. The monoisotopic (exact) mass is 300 g/mol. The number of benzene rings is 1. The summed E-state index contributed by atoms with van der Waals surface area (Å²) in [6, 6.07) is 10.2. The first-order chi connectivity index (χ1) is 10.2. The fourth-order valence-corrected chi connectivity index (χ4v) is 3.21. The predicted molar refractivity (Wildman–Crippen MR) is 83.5 cm³/mol. The lowest BCUT2D eigenvalue weighted by molar-refractivity contribution is 0.0715. The minimum atomic E-state index is -0.0518. The molecule has 2 aromatic rings. The van der Waals surface area contributed by atoms with E-state index in [1.54, 1.807) is 17.2 Å². The summed E-state index contributed by atoms with van der Waals surface area (Å²) in [5, 5.41) is 0.401. The second kappa shape index (κ2) is 5.86. The smallest absolute Gasteiger partial charge is 0.255 e. The first-order valence-corrected chi connectivity index (χ1v) is 7.50. The van der Waals surface area contributed by atoms with Crippen molar-refractivity contribution < 1.29 is 4.79 Å². The van der Waals surface area contributed by atoms with Crippen LogP contribution >= 0.6 is 11.6 Å². The highest BCUT2D eigenvalue weighted by Crippen LogP contribution is 2.34. The Balaban J connectivity index is 1.91. The van der Waals surface area contributed by atoms with E-state index in [2.05, 4.69) is 23.2 Å². The van der Waals surface area contributed by atoms with Crippen molar-refractivity contribution in [1.29, 1.82) is 0 Å². The van der Waals surface area contributed by atoms with E-state index in [1.165, 1.54) is 17.3 Å². The van der Waals surface area contributed by atoms with Gasteiger partial charge >= 0.3 is 0 Å². The molecule has 108 valence electrons. The average molecular weight is 301 g/mol. The maximum absolute atomic E-state index is 12.7. The molecule has 1 aromatic carbocycles. The third-order valence-corrected chi connectivity index (χ3v) is 4.43. The zero-order chi connectivity index (χ0) is 14.8. The summed E-state index contributed by atoms with van der Waals surface area (Å²) >= 11 is 6.09. The lowest BCUT2D eigenvalue weighted by Gasteiger charge is -2.33. The van der Waals surface area contributed by atoms with Gasteiger partial charge in [-0.05, 0) is 36.5 Å². The van der Waals surface area contributed by atoms with Gasteiger partial charge in [0.1, 0.15) is 0 Å². The SMILES string of the molecule is CN(C(=O)c1ccncc1Cl)C1CCCc2ccccc21. The van der Waals surface area contributed by atoms with Crippen LogP contribution in [0.3, 0.4) is 0 Å². The number of amides is 1. The molecule has 21 heavy (non-hydrogen) atoms. The molecule has 0 fully saturated rings. The second-order valence-corrected chi connectivity index (χ2v) is 5.79. The Hall–Kier alpha value is -1.87. The third-order valence-electron chi connectivity index (χ3n) is 4.13. The van der Waals surface area contributed by atoms with Crippen molar-refractivity contribution in [3.05, 3.63) is 64.4 Å². The van der Waals surface area contributed by atoms with Gasteiger partial charge in [0.15, 0.2) is 0 Å². The zero-order valence-electron chi connectivity index (χ0n) is 11.9. The molecular formula is C17H17ClN2O. The van der Waals surface area contributed by atoms with Crippen LogP contribution in [0.4, 0.5) is 0 Å². The van der Waals surface area contributed by atoms with Gasteiger partial charge < -0.3 is 4.90 Å². The highest BCUT2D eigenvalue weighted by Gasteiger charge is 2.27. The second-order valence-electron chi connectivity index (χ2n) is 5.38. The molecule has 1 atom stereocenters. The van der Waals surface area contributed by atoms with E-state index >= 15 is 0 Å². The van der Waals surface area contributed by atoms with Crippen LogP contribution in [0.25, 0.3) is 0 Å². The average Bonchev–Trinajstić information content (AvgIpc) is 2.53. The van der Waals surface area contributed by atoms with Gasteiger partial charge in [-0.2, -0.15) is 0 Å². The molecule has 0 saturated heterocycles. The normalized spacial score (nSPS) is 17.1. The molecule has 0 aliphatic heterocycles. The van der Waals surface area contributed by atoms with Crippen LogP contribution in [0.2, 0.25) is 5.02 Å². The fourth-order valence-electron chi connectivity index (χ4n) is 3.01. The van der Waals surface area contributed by atoms with Crippen LogP contribution in [-0.4, -0.2) is 22.8 Å². The number of aromatic nitrogens is 1. The van der Waals surface area contributed by atoms with Gasteiger partial charge in [0, 0.05) is 19.4 Å². The Labute approximate surface area is 129 Å². The summed E-state index contributed by atoms with van der Waals surface area (Å²) in [4.78, 5) is 18.4. The molecule has 0 N–H and O–H groups in total. The third kappa shape index (κ3) is 2.66. The van der Waals surface area contributed by atoms with Crippen LogP contribution in [0.1, 0.15) is 40.4 Å². The van der Waals surface area contributed by atoms with Crippen LogP contribution in [-0.2, 0) is 6.42 Å². The standard InChI is InChI=1S/C17H17ClN2O/c1-20(17(21)14-9-10-19-11-15(14)18)16-8-4-6-12-5-2-3-7-13(12)16/h2-3,5,7,9-11,16H,4,6,8H2,1H3. The van der Waals surface area contributed by atoms with Gasteiger partial charge in [-0.1, -0.05) is 35.9 Å². The Morgan fingerprint density at radius 2 is 2.14 bits per heavy atom. The molecule has 1 heterocycles. The summed E-state index contributed by atoms with van der Waals surface area (Å²) in [5.41, 5.74) is 3.11. The molecule has 1 aromatic heterocycles. The van der Waals surface area contributed by atoms with E-state index < -0.39 is 0 Å². The van der Waals surface area contributed by atoms with Crippen LogP contribution < -0.4 is 0 Å². The van der Waals surface area contributed by atoms with Gasteiger partial charge in [-0.15, -0.1) is 0 Å². The fraction of sp³-hybridized carbons (Fsp3) is 0.294. The predicted octanol–water partition coefficient (Wildman–Crippen LogP) is 3.88. The van der Waals surface area contributed by atoms with Crippen LogP contribution in [0.15, 0.2) is 42.7 Å². The van der Waals surface area contributed by atoms with E-state index in [9.17, 15) is 4.79 Å². The molecule has 0 bridgehead atoms. The molecule has 4 heteroatoms. The first-order valence-electron chi connectivity index (χ1n) is 7.13. The molecule has 0 saturated carbocycles. The Kier molecular flexibility index (Phi) is 3.93. The van der Waals surface area contributed by atoms with Crippen molar-refractivity contribution in [2.24, 2.45) is 0 Å². The number of hydrogen-bond acceptors (Lipinski definition) is 2. The van der Waals surface area contributed by atoms with Gasteiger partial charge in [-0.25, -0.2) is 0 Å². The van der Waals surface area contributed by atoms with E-state index in [1.807, 2.05) is 13.1 Å². The summed E-state index contributed by atoms with van der Waals surface area (Å²) < 4.78 is 0. The summed E-state index contributed by atoms with van der Waals surface area (Å²) in [6.45, 7) is 0. The number of nitrogens with zero attached hydrogens (tertiary/aromatic N) is 2. The van der Waals surface area contributed by atoms with E-state index in [4.69, 9.17) is 11.6 Å². The maximum atomic E-state index is 12.7. The topological polar surface area (TPSA) is 33.2 Å². The van der Waals surface area contributed by atoms with Crippen molar-refractivity contribution in [3.8, 4) is 0 Å². The van der Waals surface area contributed by atoms with Crippen molar-refractivity contribution in [2.75, 3.05) is 7.05 Å². The minimum Gasteiger partial charge on any atom is -0.335 e. The van der Waals surface area contributed by atoms with Crippen LogP contribution in [0.5, 0.6) is 0 Å². The Bertz CT molecular complexity index is 671. The molecule has 3 nitrogen and oxygen atoms in total. The number of aryl methyl sites for hydroxylation is 1. The number of pyridine rings is 1. The lowest BCUT2D eigenvalue weighted by Crippen LogP contribution is -2.33. The van der Waals surface area contributed by atoms with Gasteiger partial charge in [-0.3, -0.25) is 9.78 Å². The summed E-state index contributed by atoms with van der Waals surface area (Å²) in [7, 11) is 1.85. The zero-order valence-corrected chi connectivity index (χ0v) is 12.7. The Morgan fingerprint density at radius 1 is 1.33 bits per heavy atom. The van der Waals surface area contributed by atoms with Gasteiger partial charge in [0.25, 0.3) is 5.91 Å². The largest absolute Gasteiger partial charge is 0.335 e. The number of fused-ring (bicyclic) bond motifs is 1. The number of halogens is 1. The van der Waals surface area contributed by atoms with E-state index in [0.717, 1.165) is 19.3 Å². The first kappa shape index (κ1) is 14.1. The van der Waals surface area contributed by atoms with Crippen molar-refractivity contribution >= 4 is 17.5 Å². The van der Waals surface area contributed by atoms with Crippen LogP contribution in [0, 0.1) is 0 Å². The van der Waals surface area contributed by atoms with Crippen molar-refractivity contribution in [3.63, 3.8) is 0 Å². The molecule has 1 aliphatic rings. The lowest BCUT2D eigenvalue weighted by atomic mass is 9.87. The quantitative estimate of drug-likeness (QED) is 0.843. The molecular weight excluding hydrogens is 284 g/mol. The highest BCUT2D eigenvalue weighted by atomic mass is 35.5. The number of hydrogen-bond donors (Lipinski definition) is 0. The van der Waals surface area contributed by atoms with E-state index in [0.29, 0.717) is 10.6 Å². The number of carbonyl (C=O) groups is 1. The summed E-state index contributed by atoms with van der Waals surface area (Å²) in [6.07, 6.45) is 6.29.